The first-order valence-electron chi connectivity index (χ1n) is 10.3. The molecule has 0 saturated carbocycles. The first-order chi connectivity index (χ1) is 16.0. The Morgan fingerprint density at radius 1 is 0.806 bits per heavy atom. The summed E-state index contributed by atoms with van der Waals surface area (Å²) in [6, 6.07) is 22.0. The van der Waals surface area contributed by atoms with Gasteiger partial charge in [-0.3, -0.25) is 19.8 Å². The van der Waals surface area contributed by atoms with E-state index in [0.717, 1.165) is 0 Å². The van der Waals surface area contributed by atoms with Crippen molar-refractivity contribution in [3.8, 4) is 5.75 Å². The maximum atomic E-state index is 12.8. The molecule has 36 heavy (non-hydrogen) atoms. The zero-order valence-electron chi connectivity index (χ0n) is 20.2. The van der Waals surface area contributed by atoms with Gasteiger partial charge in [0, 0.05) is 21.7 Å². The van der Waals surface area contributed by atoms with Crippen LogP contribution in [0.4, 0.5) is 0 Å². The highest BCUT2D eigenvalue weighted by Crippen LogP contribution is 2.18. The fourth-order valence-electron chi connectivity index (χ4n) is 2.74. The molecule has 3 rings (SSSR count). The van der Waals surface area contributed by atoms with E-state index in [1.807, 2.05) is 26.8 Å². The van der Waals surface area contributed by atoms with Gasteiger partial charge in [-0.2, -0.15) is 0 Å². The molecular formula is C26H28Cl4N2O4. The Labute approximate surface area is 233 Å². The maximum absolute atomic E-state index is 12.8. The Morgan fingerprint density at radius 2 is 1.36 bits per heavy atom. The van der Waals surface area contributed by atoms with E-state index in [2.05, 4.69) is 5.43 Å². The molecule has 0 saturated heterocycles. The molecule has 0 radical (unpaired) electrons. The number of carbonyl (C=O) groups is 3. The largest absolute Gasteiger partial charge is 0.497 e. The van der Waals surface area contributed by atoms with E-state index in [1.165, 1.54) is 12.1 Å². The van der Waals surface area contributed by atoms with Crippen molar-refractivity contribution in [3.63, 3.8) is 0 Å². The Bertz CT molecular complexity index is 1130. The van der Waals surface area contributed by atoms with Crippen molar-refractivity contribution in [2.45, 2.75) is 26.3 Å². The van der Waals surface area contributed by atoms with Gasteiger partial charge in [0.2, 0.25) is 0 Å². The molecule has 0 aliphatic heterocycles. The van der Waals surface area contributed by atoms with Crippen molar-refractivity contribution in [2.24, 2.45) is 0 Å². The SMILES string of the molecule is COc1cccc(C(=O)NN(C(=O)c2ccc(Cl)cc2)C(C)(C)C)c1.Cl.Cl.O=C(Cl)c1ccccc1. The molecule has 1 N–H and O–H groups in total. The number of methoxy groups -OCH3 is 1. The van der Waals surface area contributed by atoms with Gasteiger partial charge < -0.3 is 4.74 Å². The summed E-state index contributed by atoms with van der Waals surface area (Å²) in [4.78, 5) is 35.8. The van der Waals surface area contributed by atoms with E-state index in [4.69, 9.17) is 27.9 Å². The minimum atomic E-state index is -0.620. The second kappa shape index (κ2) is 15.4. The molecule has 0 bridgehead atoms. The van der Waals surface area contributed by atoms with E-state index >= 15 is 0 Å². The fourth-order valence-corrected chi connectivity index (χ4v) is 3.00. The number of nitrogens with zero attached hydrogens (tertiary/aromatic N) is 1. The summed E-state index contributed by atoms with van der Waals surface area (Å²) in [5.41, 5.74) is 3.45. The van der Waals surface area contributed by atoms with Crippen LogP contribution in [0.5, 0.6) is 5.75 Å². The highest BCUT2D eigenvalue weighted by Gasteiger charge is 2.29. The summed E-state index contributed by atoms with van der Waals surface area (Å²) < 4.78 is 5.13. The van der Waals surface area contributed by atoms with Gasteiger partial charge in [-0.05, 0) is 74.8 Å². The predicted molar refractivity (Wildman–Crippen MR) is 149 cm³/mol. The lowest BCUT2D eigenvalue weighted by molar-refractivity contribution is 0.0358. The van der Waals surface area contributed by atoms with Crippen molar-refractivity contribution < 1.29 is 19.1 Å². The summed E-state index contributed by atoms with van der Waals surface area (Å²) in [5.74, 6) is -0.143. The number of halogens is 4. The molecule has 0 heterocycles. The molecule has 0 aromatic heterocycles. The van der Waals surface area contributed by atoms with Crippen LogP contribution in [0.25, 0.3) is 0 Å². The number of nitrogens with one attached hydrogen (secondary N) is 1. The molecule has 0 aliphatic rings. The molecule has 6 nitrogen and oxygen atoms in total. The molecule has 0 atom stereocenters. The summed E-state index contributed by atoms with van der Waals surface area (Å²) in [7, 11) is 1.53. The third-order valence-electron chi connectivity index (χ3n) is 4.51. The summed E-state index contributed by atoms with van der Waals surface area (Å²) in [6.07, 6.45) is 0. The summed E-state index contributed by atoms with van der Waals surface area (Å²) in [6.45, 7) is 5.52. The number of hydrazine groups is 1. The van der Waals surface area contributed by atoms with E-state index in [9.17, 15) is 14.4 Å². The van der Waals surface area contributed by atoms with Crippen molar-refractivity contribution in [2.75, 3.05) is 7.11 Å². The highest BCUT2D eigenvalue weighted by molar-refractivity contribution is 6.67. The van der Waals surface area contributed by atoms with Gasteiger partial charge in [-0.1, -0.05) is 48.0 Å². The predicted octanol–water partition coefficient (Wildman–Crippen LogP) is 6.84. The van der Waals surface area contributed by atoms with Crippen LogP contribution in [0.2, 0.25) is 5.02 Å². The molecule has 0 unspecified atom stereocenters. The topological polar surface area (TPSA) is 75.7 Å². The second-order valence-electron chi connectivity index (χ2n) is 8.13. The van der Waals surface area contributed by atoms with Gasteiger partial charge >= 0.3 is 0 Å². The van der Waals surface area contributed by atoms with Crippen LogP contribution < -0.4 is 10.2 Å². The van der Waals surface area contributed by atoms with Crippen LogP contribution in [-0.4, -0.2) is 34.7 Å². The quantitative estimate of drug-likeness (QED) is 0.274. The standard InChI is InChI=1S/C19H21ClN2O3.C7H5ClO.2ClH/c1-19(2,3)22(18(24)13-8-10-15(20)11-9-13)21-17(23)14-6-5-7-16(12-14)25-4;8-7(9)6-4-2-1-3-5-6;;/h5-12H,1-4H3,(H,21,23);1-5H;2*1H. The van der Waals surface area contributed by atoms with Crippen LogP contribution in [0.3, 0.4) is 0 Å². The van der Waals surface area contributed by atoms with Gasteiger partial charge in [0.25, 0.3) is 17.1 Å². The van der Waals surface area contributed by atoms with E-state index in [-0.39, 0.29) is 30.7 Å². The molecular weight excluding hydrogens is 546 g/mol. The number of amides is 2. The maximum Gasteiger partial charge on any atom is 0.272 e. The number of benzene rings is 3. The van der Waals surface area contributed by atoms with Crippen molar-refractivity contribution in [1.29, 1.82) is 0 Å². The number of hydrogen-bond donors (Lipinski definition) is 1. The number of hydrogen-bond acceptors (Lipinski definition) is 4. The molecule has 0 fully saturated rings. The lowest BCUT2D eigenvalue weighted by Gasteiger charge is -2.35. The minimum Gasteiger partial charge on any atom is -0.497 e. The third kappa shape index (κ3) is 10.1. The molecule has 0 aliphatic carbocycles. The van der Waals surface area contributed by atoms with E-state index in [0.29, 0.717) is 27.5 Å². The van der Waals surface area contributed by atoms with Gasteiger partial charge in [0.15, 0.2) is 0 Å². The van der Waals surface area contributed by atoms with Crippen molar-refractivity contribution >= 4 is 65.1 Å². The van der Waals surface area contributed by atoms with Gasteiger partial charge in [-0.25, -0.2) is 5.01 Å². The van der Waals surface area contributed by atoms with Gasteiger partial charge in [-0.15, -0.1) is 24.8 Å². The van der Waals surface area contributed by atoms with Crippen LogP contribution in [0.1, 0.15) is 51.8 Å². The number of rotatable bonds is 4. The lowest BCUT2D eigenvalue weighted by Crippen LogP contribution is -2.55. The molecule has 2 amide bonds. The number of carbonyl (C=O) groups excluding carboxylic acids is 3. The summed E-state index contributed by atoms with van der Waals surface area (Å²) >= 11 is 11.0. The first kappa shape index (κ1) is 33.2. The average Bonchev–Trinajstić information content (AvgIpc) is 2.82. The highest BCUT2D eigenvalue weighted by atomic mass is 35.5. The van der Waals surface area contributed by atoms with E-state index < -0.39 is 16.7 Å². The minimum absolute atomic E-state index is 0. The zero-order valence-corrected chi connectivity index (χ0v) is 23.3. The van der Waals surface area contributed by atoms with Gasteiger partial charge in [0.05, 0.1) is 12.6 Å². The molecule has 10 heteroatoms. The Morgan fingerprint density at radius 3 is 1.83 bits per heavy atom. The molecule has 194 valence electrons. The molecule has 0 spiro atoms. The van der Waals surface area contributed by atoms with Crippen LogP contribution in [0.15, 0.2) is 78.9 Å². The first-order valence-corrected chi connectivity index (χ1v) is 11.1. The lowest BCUT2D eigenvalue weighted by atomic mass is 10.1. The fraction of sp³-hybridized carbons (Fsp3) is 0.192. The van der Waals surface area contributed by atoms with E-state index in [1.54, 1.807) is 72.8 Å². The van der Waals surface area contributed by atoms with Crippen LogP contribution >= 0.6 is 48.0 Å². The second-order valence-corrected chi connectivity index (χ2v) is 8.91. The molecule has 3 aromatic rings. The zero-order chi connectivity index (χ0) is 25.3. The average molecular weight is 574 g/mol. The monoisotopic (exact) mass is 572 g/mol. The van der Waals surface area contributed by atoms with Crippen molar-refractivity contribution in [3.05, 3.63) is 101 Å². The Balaban J connectivity index is 0.000000944. The number of ether oxygens (including phenoxy) is 1. The Kier molecular flexibility index (Phi) is 14.2. The molecule has 3 aromatic carbocycles. The summed E-state index contributed by atoms with van der Waals surface area (Å²) in [5, 5.41) is 1.45. The van der Waals surface area contributed by atoms with Gasteiger partial charge in [0.1, 0.15) is 5.75 Å². The smallest absolute Gasteiger partial charge is 0.272 e. The van der Waals surface area contributed by atoms with Crippen LogP contribution in [-0.2, 0) is 0 Å². The Hall–Kier alpha value is -2.77. The third-order valence-corrected chi connectivity index (χ3v) is 4.98. The van der Waals surface area contributed by atoms with Crippen molar-refractivity contribution in [1.82, 2.24) is 10.4 Å². The van der Waals surface area contributed by atoms with Crippen LogP contribution in [0, 0.1) is 0 Å². The normalized spacial score (nSPS) is 9.83.